The highest BCUT2D eigenvalue weighted by Crippen LogP contribution is 2.42. The van der Waals surface area contributed by atoms with Gasteiger partial charge in [0, 0.05) is 32.2 Å². The van der Waals surface area contributed by atoms with Crippen LogP contribution in [0.15, 0.2) is 48.5 Å². The van der Waals surface area contributed by atoms with E-state index in [0.717, 1.165) is 56.1 Å². The monoisotopic (exact) mass is 437 g/mol. The zero-order chi connectivity index (χ0) is 22.5. The van der Waals surface area contributed by atoms with E-state index in [1.165, 1.54) is 0 Å². The molecule has 2 unspecified atom stereocenters. The summed E-state index contributed by atoms with van der Waals surface area (Å²) in [5.74, 6) is 0.131. The van der Waals surface area contributed by atoms with E-state index in [1.807, 2.05) is 42.5 Å². The number of methoxy groups -OCH3 is 1. The minimum absolute atomic E-state index is 0.0559. The van der Waals surface area contributed by atoms with Crippen LogP contribution < -0.4 is 10.1 Å². The number of benzene rings is 2. The fraction of sp³-hybridized carbons (Fsp3) is 0.440. The SMILES string of the molecule is COc1ccc(C2C(C(=O)NCCCN3CCOCC3)c3ccccc3C(=O)N2C)cc1. The molecule has 1 N–H and O–H groups in total. The zero-order valence-corrected chi connectivity index (χ0v) is 18.8. The van der Waals surface area contributed by atoms with E-state index in [9.17, 15) is 9.59 Å². The highest BCUT2D eigenvalue weighted by molar-refractivity contribution is 6.01. The predicted molar refractivity (Wildman–Crippen MR) is 122 cm³/mol. The Kier molecular flexibility index (Phi) is 7.07. The third-order valence-electron chi connectivity index (χ3n) is 6.37. The molecule has 2 aromatic carbocycles. The normalized spacial score (nSPS) is 21.2. The van der Waals surface area contributed by atoms with Crippen molar-refractivity contribution in [2.45, 2.75) is 18.4 Å². The number of nitrogens with one attached hydrogen (secondary N) is 1. The zero-order valence-electron chi connectivity index (χ0n) is 18.8. The van der Waals surface area contributed by atoms with Crippen LogP contribution in [0, 0.1) is 0 Å². The second-order valence-corrected chi connectivity index (χ2v) is 8.30. The first-order chi connectivity index (χ1) is 15.6. The third kappa shape index (κ3) is 4.64. The fourth-order valence-electron chi connectivity index (χ4n) is 4.62. The van der Waals surface area contributed by atoms with Crippen molar-refractivity contribution < 1.29 is 19.1 Å². The number of carbonyl (C=O) groups excluding carboxylic acids is 2. The van der Waals surface area contributed by atoms with Gasteiger partial charge < -0.3 is 19.7 Å². The van der Waals surface area contributed by atoms with Crippen molar-refractivity contribution in [2.24, 2.45) is 0 Å². The maximum atomic E-state index is 13.5. The first-order valence-electron chi connectivity index (χ1n) is 11.2. The standard InChI is InChI=1S/C25H31N3O4/c1-27-23(18-8-10-19(31-2)11-9-18)22(20-6-3-4-7-21(20)25(27)30)24(29)26-12-5-13-28-14-16-32-17-15-28/h3-4,6-11,22-23H,5,12-17H2,1-2H3,(H,26,29). The van der Waals surface area contributed by atoms with Crippen molar-refractivity contribution in [1.82, 2.24) is 15.1 Å². The summed E-state index contributed by atoms with van der Waals surface area (Å²) in [4.78, 5) is 30.6. The highest BCUT2D eigenvalue weighted by atomic mass is 16.5. The minimum atomic E-state index is -0.481. The Bertz CT molecular complexity index is 940. The second-order valence-electron chi connectivity index (χ2n) is 8.30. The van der Waals surface area contributed by atoms with Crippen LogP contribution in [-0.4, -0.2) is 75.2 Å². The summed E-state index contributed by atoms with van der Waals surface area (Å²) in [6.07, 6.45) is 0.877. The number of morpholine rings is 1. The van der Waals surface area contributed by atoms with Gasteiger partial charge in [-0.25, -0.2) is 0 Å². The molecule has 0 saturated carbocycles. The topological polar surface area (TPSA) is 71.1 Å². The van der Waals surface area contributed by atoms with Crippen molar-refractivity contribution in [2.75, 3.05) is 53.6 Å². The lowest BCUT2D eigenvalue weighted by Gasteiger charge is -2.39. The molecule has 0 radical (unpaired) electrons. The van der Waals surface area contributed by atoms with Gasteiger partial charge in [0.05, 0.1) is 32.3 Å². The number of nitrogens with zero attached hydrogens (tertiary/aromatic N) is 2. The van der Waals surface area contributed by atoms with Gasteiger partial charge >= 0.3 is 0 Å². The average Bonchev–Trinajstić information content (AvgIpc) is 2.84. The molecule has 1 saturated heterocycles. The maximum absolute atomic E-state index is 13.5. The molecule has 2 amide bonds. The van der Waals surface area contributed by atoms with Gasteiger partial charge in [0.2, 0.25) is 5.91 Å². The molecule has 7 nitrogen and oxygen atoms in total. The Morgan fingerprint density at radius 2 is 1.84 bits per heavy atom. The van der Waals surface area contributed by atoms with Gasteiger partial charge in [-0.15, -0.1) is 0 Å². The number of hydrogen-bond acceptors (Lipinski definition) is 5. The predicted octanol–water partition coefficient (Wildman–Crippen LogP) is 2.44. The smallest absolute Gasteiger partial charge is 0.254 e. The largest absolute Gasteiger partial charge is 0.497 e. The van der Waals surface area contributed by atoms with Gasteiger partial charge in [-0.1, -0.05) is 30.3 Å². The Morgan fingerprint density at radius 3 is 2.56 bits per heavy atom. The summed E-state index contributed by atoms with van der Waals surface area (Å²) in [5, 5.41) is 3.13. The van der Waals surface area contributed by atoms with Crippen molar-refractivity contribution in [3.05, 3.63) is 65.2 Å². The molecule has 0 aliphatic carbocycles. The molecule has 32 heavy (non-hydrogen) atoms. The van der Waals surface area contributed by atoms with Crippen LogP contribution in [0.4, 0.5) is 0 Å². The minimum Gasteiger partial charge on any atom is -0.497 e. The lowest BCUT2D eigenvalue weighted by molar-refractivity contribution is -0.124. The number of likely N-dealkylation sites (N-methyl/N-ethyl adjacent to an activating group) is 1. The number of hydrogen-bond donors (Lipinski definition) is 1. The number of ether oxygens (including phenoxy) is 2. The number of fused-ring (bicyclic) bond motifs is 1. The highest BCUT2D eigenvalue weighted by Gasteiger charge is 2.42. The summed E-state index contributed by atoms with van der Waals surface area (Å²) in [6, 6.07) is 14.6. The van der Waals surface area contributed by atoms with E-state index in [2.05, 4.69) is 10.2 Å². The Labute approximate surface area is 189 Å². The van der Waals surface area contributed by atoms with Gasteiger partial charge in [0.25, 0.3) is 5.91 Å². The van der Waals surface area contributed by atoms with Crippen LogP contribution in [0.2, 0.25) is 0 Å². The first-order valence-corrected chi connectivity index (χ1v) is 11.2. The molecular weight excluding hydrogens is 406 g/mol. The van der Waals surface area contributed by atoms with Gasteiger partial charge in [0.15, 0.2) is 0 Å². The van der Waals surface area contributed by atoms with Crippen molar-refractivity contribution >= 4 is 11.8 Å². The van der Waals surface area contributed by atoms with Crippen LogP contribution >= 0.6 is 0 Å². The van der Waals surface area contributed by atoms with Gasteiger partial charge in [-0.2, -0.15) is 0 Å². The number of carbonyl (C=O) groups is 2. The van der Waals surface area contributed by atoms with Crippen LogP contribution in [0.25, 0.3) is 0 Å². The molecule has 1 fully saturated rings. The molecule has 2 aliphatic rings. The summed E-state index contributed by atoms with van der Waals surface area (Å²) < 4.78 is 10.7. The van der Waals surface area contributed by atoms with E-state index in [1.54, 1.807) is 25.1 Å². The van der Waals surface area contributed by atoms with E-state index >= 15 is 0 Å². The van der Waals surface area contributed by atoms with Gasteiger partial charge in [-0.3, -0.25) is 14.5 Å². The molecule has 0 spiro atoms. The molecular formula is C25H31N3O4. The molecule has 4 rings (SSSR count). The van der Waals surface area contributed by atoms with Gasteiger partial charge in [0.1, 0.15) is 5.75 Å². The lowest BCUT2D eigenvalue weighted by Crippen LogP contribution is -2.46. The van der Waals surface area contributed by atoms with Crippen molar-refractivity contribution in [3.8, 4) is 5.75 Å². The van der Waals surface area contributed by atoms with E-state index in [0.29, 0.717) is 12.1 Å². The molecule has 7 heteroatoms. The summed E-state index contributed by atoms with van der Waals surface area (Å²) in [6.45, 7) is 4.96. The van der Waals surface area contributed by atoms with E-state index < -0.39 is 5.92 Å². The van der Waals surface area contributed by atoms with Crippen LogP contribution in [0.3, 0.4) is 0 Å². The Morgan fingerprint density at radius 1 is 1.12 bits per heavy atom. The summed E-state index contributed by atoms with van der Waals surface area (Å²) in [7, 11) is 3.39. The first kappa shape index (κ1) is 22.3. The Hall–Kier alpha value is -2.90. The van der Waals surface area contributed by atoms with Crippen LogP contribution in [0.1, 0.15) is 39.9 Å². The average molecular weight is 438 g/mol. The third-order valence-corrected chi connectivity index (χ3v) is 6.37. The van der Waals surface area contributed by atoms with E-state index in [-0.39, 0.29) is 17.9 Å². The van der Waals surface area contributed by atoms with Crippen molar-refractivity contribution in [3.63, 3.8) is 0 Å². The molecule has 0 aromatic heterocycles. The molecule has 0 bridgehead atoms. The summed E-state index contributed by atoms with van der Waals surface area (Å²) in [5.41, 5.74) is 2.28. The molecule has 2 heterocycles. The number of rotatable bonds is 7. The number of amides is 2. The molecule has 2 aromatic rings. The van der Waals surface area contributed by atoms with Crippen LogP contribution in [0.5, 0.6) is 5.75 Å². The van der Waals surface area contributed by atoms with Crippen molar-refractivity contribution in [1.29, 1.82) is 0 Å². The molecule has 2 aliphatic heterocycles. The second kappa shape index (κ2) is 10.1. The van der Waals surface area contributed by atoms with Crippen LogP contribution in [-0.2, 0) is 9.53 Å². The quantitative estimate of drug-likeness (QED) is 0.674. The Balaban J connectivity index is 1.54. The van der Waals surface area contributed by atoms with E-state index in [4.69, 9.17) is 9.47 Å². The van der Waals surface area contributed by atoms with Gasteiger partial charge in [-0.05, 0) is 42.3 Å². The molecule has 170 valence electrons. The lowest BCUT2D eigenvalue weighted by atomic mass is 9.79. The summed E-state index contributed by atoms with van der Waals surface area (Å²) >= 11 is 0. The maximum Gasteiger partial charge on any atom is 0.254 e. The fourth-order valence-corrected chi connectivity index (χ4v) is 4.62. The molecule has 2 atom stereocenters.